The molecule has 2 amide bonds. The van der Waals surface area contributed by atoms with Gasteiger partial charge in [0.25, 0.3) is 11.8 Å². The van der Waals surface area contributed by atoms with Gasteiger partial charge in [-0.05, 0) is 43.3 Å². The first-order valence-corrected chi connectivity index (χ1v) is 9.27. The lowest BCUT2D eigenvalue weighted by molar-refractivity contribution is 0.0926. The fraction of sp³-hybridized carbons (Fsp3) is 0.0909. The molecular weight excluding hydrogens is 406 g/mol. The third-order valence-electron chi connectivity index (χ3n) is 5.20. The van der Waals surface area contributed by atoms with Gasteiger partial charge in [0.1, 0.15) is 5.75 Å². The van der Waals surface area contributed by atoms with Gasteiger partial charge in [0.2, 0.25) is 0 Å². The van der Waals surface area contributed by atoms with E-state index in [2.05, 4.69) is 10.1 Å². The van der Waals surface area contributed by atoms with Crippen LogP contribution in [0.4, 0.5) is 14.5 Å². The zero-order valence-corrected chi connectivity index (χ0v) is 16.4. The van der Waals surface area contributed by atoms with Crippen LogP contribution in [0.5, 0.6) is 5.75 Å². The molecule has 0 saturated heterocycles. The van der Waals surface area contributed by atoms with E-state index in [-0.39, 0.29) is 22.5 Å². The van der Waals surface area contributed by atoms with Crippen molar-refractivity contribution in [1.29, 1.82) is 0 Å². The van der Waals surface area contributed by atoms with Gasteiger partial charge in [-0.15, -0.1) is 0 Å². The van der Waals surface area contributed by atoms with E-state index in [1.165, 1.54) is 24.1 Å². The van der Waals surface area contributed by atoms with Crippen LogP contribution in [-0.2, 0) is 0 Å². The average molecular weight is 420 g/mol. The molecule has 4 aromatic rings. The number of hydrogen-bond acceptors (Lipinski definition) is 5. The molecule has 0 spiro atoms. The standard InChI is InChI=1S/C22H14F2N4O3/c1-11-18-19-15(21(29)27(22(19)30)12-3-6-14(31-2)7-4-12)10-25-20(18)28(26-11)13-5-8-16(23)17(24)9-13/h3-10H,1-2H3. The quantitative estimate of drug-likeness (QED) is 0.471. The summed E-state index contributed by atoms with van der Waals surface area (Å²) in [5.41, 5.74) is 1.67. The van der Waals surface area contributed by atoms with Crippen LogP contribution in [0.1, 0.15) is 26.4 Å². The maximum absolute atomic E-state index is 13.7. The number of anilines is 1. The van der Waals surface area contributed by atoms with E-state index in [9.17, 15) is 18.4 Å². The fourth-order valence-corrected chi connectivity index (χ4v) is 3.72. The molecule has 0 radical (unpaired) electrons. The van der Waals surface area contributed by atoms with E-state index < -0.39 is 23.4 Å². The number of amides is 2. The third kappa shape index (κ3) is 2.70. The first kappa shape index (κ1) is 18.9. The molecule has 31 heavy (non-hydrogen) atoms. The van der Waals surface area contributed by atoms with Crippen LogP contribution < -0.4 is 9.64 Å². The number of halogens is 2. The van der Waals surface area contributed by atoms with Crippen molar-refractivity contribution in [2.75, 3.05) is 12.0 Å². The predicted octanol–water partition coefficient (Wildman–Crippen LogP) is 3.82. The normalized spacial score (nSPS) is 13.2. The highest BCUT2D eigenvalue weighted by molar-refractivity contribution is 6.37. The SMILES string of the molecule is COc1ccc(N2C(=O)c3cnc4c(c(C)nn4-c4ccc(F)c(F)c4)c3C2=O)cc1. The first-order valence-electron chi connectivity index (χ1n) is 9.27. The minimum Gasteiger partial charge on any atom is -0.497 e. The smallest absolute Gasteiger partial charge is 0.267 e. The predicted molar refractivity (Wildman–Crippen MR) is 108 cm³/mol. The van der Waals surface area contributed by atoms with Crippen molar-refractivity contribution in [3.05, 3.63) is 77.1 Å². The minimum atomic E-state index is -1.03. The minimum absolute atomic E-state index is 0.154. The van der Waals surface area contributed by atoms with Gasteiger partial charge in [-0.25, -0.2) is 23.3 Å². The molecule has 2 aromatic heterocycles. The van der Waals surface area contributed by atoms with Gasteiger partial charge >= 0.3 is 0 Å². The molecule has 3 heterocycles. The Morgan fingerprint density at radius 2 is 1.65 bits per heavy atom. The van der Waals surface area contributed by atoms with Crippen LogP contribution in [0, 0.1) is 18.6 Å². The first-order chi connectivity index (χ1) is 14.9. The molecule has 7 nitrogen and oxygen atoms in total. The number of aromatic nitrogens is 3. The maximum Gasteiger partial charge on any atom is 0.267 e. The lowest BCUT2D eigenvalue weighted by Crippen LogP contribution is -2.29. The topological polar surface area (TPSA) is 77.3 Å². The molecule has 0 N–H and O–H groups in total. The Hall–Kier alpha value is -4.14. The molecule has 0 saturated carbocycles. The average Bonchev–Trinajstić information content (AvgIpc) is 3.24. The monoisotopic (exact) mass is 420 g/mol. The molecule has 1 aliphatic heterocycles. The fourth-order valence-electron chi connectivity index (χ4n) is 3.72. The van der Waals surface area contributed by atoms with E-state index in [1.807, 2.05) is 0 Å². The second-order valence-corrected chi connectivity index (χ2v) is 6.98. The molecule has 9 heteroatoms. The second kappa shape index (κ2) is 6.69. The summed E-state index contributed by atoms with van der Waals surface area (Å²) in [5, 5.41) is 4.74. The lowest BCUT2D eigenvalue weighted by Gasteiger charge is -2.14. The van der Waals surface area contributed by atoms with Crippen molar-refractivity contribution in [2.45, 2.75) is 6.92 Å². The summed E-state index contributed by atoms with van der Waals surface area (Å²) < 4.78 is 33.5. The molecule has 1 aliphatic rings. The Morgan fingerprint density at radius 1 is 0.935 bits per heavy atom. The summed E-state index contributed by atoms with van der Waals surface area (Å²) >= 11 is 0. The Kier molecular flexibility index (Phi) is 4.07. The third-order valence-corrected chi connectivity index (χ3v) is 5.20. The van der Waals surface area contributed by atoms with Crippen LogP contribution in [0.15, 0.2) is 48.7 Å². The number of carbonyl (C=O) groups excluding carboxylic acids is 2. The van der Waals surface area contributed by atoms with Crippen LogP contribution >= 0.6 is 0 Å². The summed E-state index contributed by atoms with van der Waals surface area (Å²) in [6.45, 7) is 1.66. The molecule has 0 unspecified atom stereocenters. The number of aryl methyl sites for hydroxylation is 1. The van der Waals surface area contributed by atoms with Crippen LogP contribution in [0.2, 0.25) is 0 Å². The van der Waals surface area contributed by atoms with Gasteiger partial charge in [0.15, 0.2) is 17.3 Å². The number of nitrogens with zero attached hydrogens (tertiary/aromatic N) is 4. The van der Waals surface area contributed by atoms with Crippen molar-refractivity contribution in [1.82, 2.24) is 14.8 Å². The molecule has 2 aromatic carbocycles. The van der Waals surface area contributed by atoms with Gasteiger partial charge in [-0.2, -0.15) is 5.10 Å². The molecule has 0 bridgehead atoms. The number of imide groups is 1. The van der Waals surface area contributed by atoms with Gasteiger partial charge in [0.05, 0.1) is 40.7 Å². The van der Waals surface area contributed by atoms with Crippen molar-refractivity contribution >= 4 is 28.5 Å². The van der Waals surface area contributed by atoms with E-state index in [0.717, 1.165) is 17.0 Å². The van der Waals surface area contributed by atoms with Crippen molar-refractivity contribution in [3.8, 4) is 11.4 Å². The van der Waals surface area contributed by atoms with E-state index in [4.69, 9.17) is 4.74 Å². The Bertz CT molecular complexity index is 1400. The number of hydrogen-bond donors (Lipinski definition) is 0. The number of benzene rings is 2. The highest BCUT2D eigenvalue weighted by Crippen LogP contribution is 2.35. The summed E-state index contributed by atoms with van der Waals surface area (Å²) in [6, 6.07) is 9.87. The molecular formula is C22H14F2N4O3. The lowest BCUT2D eigenvalue weighted by atomic mass is 10.1. The molecule has 0 atom stereocenters. The van der Waals surface area contributed by atoms with Crippen molar-refractivity contribution in [2.24, 2.45) is 0 Å². The largest absolute Gasteiger partial charge is 0.497 e. The van der Waals surface area contributed by atoms with E-state index in [0.29, 0.717) is 22.5 Å². The Labute approximate surface area is 174 Å². The number of methoxy groups -OCH3 is 1. The van der Waals surface area contributed by atoms with Crippen LogP contribution in [0.25, 0.3) is 16.7 Å². The number of carbonyl (C=O) groups is 2. The van der Waals surface area contributed by atoms with Crippen LogP contribution in [0.3, 0.4) is 0 Å². The second-order valence-electron chi connectivity index (χ2n) is 6.98. The summed E-state index contributed by atoms with van der Waals surface area (Å²) in [5.74, 6) is -2.43. The van der Waals surface area contributed by atoms with Crippen molar-refractivity contribution < 1.29 is 23.1 Å². The highest BCUT2D eigenvalue weighted by atomic mass is 19.2. The Balaban J connectivity index is 1.67. The number of fused-ring (bicyclic) bond motifs is 3. The number of pyridine rings is 1. The van der Waals surface area contributed by atoms with E-state index >= 15 is 0 Å². The maximum atomic E-state index is 13.7. The molecule has 0 aliphatic carbocycles. The zero-order valence-electron chi connectivity index (χ0n) is 16.4. The van der Waals surface area contributed by atoms with Crippen LogP contribution in [-0.4, -0.2) is 33.7 Å². The van der Waals surface area contributed by atoms with Gasteiger partial charge in [-0.3, -0.25) is 9.59 Å². The van der Waals surface area contributed by atoms with Gasteiger partial charge in [-0.1, -0.05) is 0 Å². The highest BCUT2D eigenvalue weighted by Gasteiger charge is 2.40. The summed E-state index contributed by atoms with van der Waals surface area (Å²) in [6.07, 6.45) is 1.30. The summed E-state index contributed by atoms with van der Waals surface area (Å²) in [4.78, 5) is 31.6. The number of rotatable bonds is 3. The molecule has 0 fully saturated rings. The van der Waals surface area contributed by atoms with Gasteiger partial charge < -0.3 is 4.74 Å². The molecule has 154 valence electrons. The summed E-state index contributed by atoms with van der Waals surface area (Å²) in [7, 11) is 1.52. The van der Waals surface area contributed by atoms with Crippen molar-refractivity contribution in [3.63, 3.8) is 0 Å². The van der Waals surface area contributed by atoms with E-state index in [1.54, 1.807) is 31.2 Å². The molecule has 5 rings (SSSR count). The number of ether oxygens (including phenoxy) is 1. The zero-order chi connectivity index (χ0) is 21.9. The van der Waals surface area contributed by atoms with Gasteiger partial charge in [0, 0.05) is 12.3 Å². The Morgan fingerprint density at radius 3 is 2.32 bits per heavy atom.